The van der Waals surface area contributed by atoms with Gasteiger partial charge in [0.1, 0.15) is 16.1 Å². The van der Waals surface area contributed by atoms with Crippen LogP contribution in [-0.2, 0) is 0 Å². The Morgan fingerprint density at radius 3 is 2.05 bits per heavy atom. The van der Waals surface area contributed by atoms with Gasteiger partial charge in [0.25, 0.3) is 0 Å². The Labute approximate surface area is 129 Å². The van der Waals surface area contributed by atoms with Crippen LogP contribution in [0.4, 0.5) is 11.6 Å². The van der Waals surface area contributed by atoms with Crippen LogP contribution in [0.2, 0.25) is 0 Å². The van der Waals surface area contributed by atoms with Gasteiger partial charge in [-0.2, -0.15) is 9.61 Å². The minimum atomic E-state index is 0.353. The lowest BCUT2D eigenvalue weighted by atomic mass is 10.0. The largest absolute Gasteiger partial charge is 0.383 e. The number of anilines is 2. The van der Waals surface area contributed by atoms with E-state index in [1.54, 1.807) is 6.20 Å². The third kappa shape index (κ3) is 3.39. The normalized spacial score (nSPS) is 15.1. The van der Waals surface area contributed by atoms with Crippen molar-refractivity contribution in [3.05, 3.63) is 15.1 Å². The Bertz CT molecular complexity index is 551. The zero-order valence-corrected chi connectivity index (χ0v) is 13.7. The molecule has 0 aliphatic heterocycles. The fraction of sp³-hybridized carbons (Fsp3) is 0.500. The molecule has 3 rings (SSSR count). The molecule has 0 amide bonds. The maximum absolute atomic E-state index is 5.75. The molecule has 2 heterocycles. The van der Waals surface area contributed by atoms with Crippen molar-refractivity contribution in [1.29, 1.82) is 0 Å². The molecule has 0 aromatic carbocycles. The highest BCUT2D eigenvalue weighted by Gasteiger charge is 2.11. The Hall–Kier alpha value is -0.820. The minimum Gasteiger partial charge on any atom is -0.383 e. The molecule has 1 saturated carbocycles. The number of aromatic nitrogens is 3. The second kappa shape index (κ2) is 6.56. The molecule has 0 bridgehead atoms. The molecule has 1 aliphatic rings. The van der Waals surface area contributed by atoms with Gasteiger partial charge >= 0.3 is 0 Å². The fourth-order valence-corrected chi connectivity index (χ4v) is 2.65. The zero-order valence-electron chi connectivity index (χ0n) is 10.6. The predicted octanol–water partition coefficient (Wildman–Crippen LogP) is 3.76. The van der Waals surface area contributed by atoms with Gasteiger partial charge in [0.2, 0.25) is 0 Å². The summed E-state index contributed by atoms with van der Waals surface area (Å²) in [5.74, 6) is 0.791. The summed E-state index contributed by atoms with van der Waals surface area (Å²) < 4.78 is 2.83. The van der Waals surface area contributed by atoms with Crippen LogP contribution in [0, 0.1) is 0 Å². The first-order chi connectivity index (χ1) is 9.11. The van der Waals surface area contributed by atoms with Crippen molar-refractivity contribution in [3.63, 3.8) is 0 Å². The molecule has 2 aromatic heterocycles. The van der Waals surface area contributed by atoms with Crippen LogP contribution >= 0.6 is 31.9 Å². The van der Waals surface area contributed by atoms with E-state index in [0.717, 1.165) is 4.47 Å². The van der Waals surface area contributed by atoms with Crippen molar-refractivity contribution in [2.75, 3.05) is 11.5 Å². The van der Waals surface area contributed by atoms with Crippen molar-refractivity contribution >= 4 is 49.1 Å². The van der Waals surface area contributed by atoms with Crippen molar-refractivity contribution in [1.82, 2.24) is 14.6 Å². The van der Waals surface area contributed by atoms with E-state index >= 15 is 0 Å². The summed E-state index contributed by atoms with van der Waals surface area (Å²) in [4.78, 5) is 4.10. The van der Waals surface area contributed by atoms with E-state index in [2.05, 4.69) is 41.9 Å². The smallest absolute Gasteiger partial charge is 0.173 e. The summed E-state index contributed by atoms with van der Waals surface area (Å²) in [7, 11) is 0. The first-order valence-corrected chi connectivity index (χ1v) is 7.93. The van der Waals surface area contributed by atoms with Gasteiger partial charge < -0.3 is 11.5 Å². The Kier molecular flexibility index (Phi) is 5.04. The van der Waals surface area contributed by atoms with Gasteiger partial charge in [-0.25, -0.2) is 4.98 Å². The molecule has 104 valence electrons. The number of rotatable bonds is 0. The number of nitrogen functional groups attached to an aromatic ring is 2. The number of nitrogens with two attached hydrogens (primary N) is 2. The maximum atomic E-state index is 5.75. The summed E-state index contributed by atoms with van der Waals surface area (Å²) in [6, 6.07) is 0. The first-order valence-electron chi connectivity index (χ1n) is 6.35. The summed E-state index contributed by atoms with van der Waals surface area (Å²) in [5.41, 5.74) is 12.0. The second-order valence-corrected chi connectivity index (χ2v) is 6.19. The highest BCUT2D eigenvalue weighted by Crippen LogP contribution is 2.27. The van der Waals surface area contributed by atoms with E-state index in [-0.39, 0.29) is 0 Å². The standard InChI is InChI=1S/C6H5Br2N5.C6H12/c7-2-1-11-13-5(10)3(8)4(9)12-6(2)13;1-2-4-6-5-3-1/h1H,10H2,(H2,9,12);1-6H2. The van der Waals surface area contributed by atoms with Crippen LogP contribution in [0.25, 0.3) is 5.65 Å². The molecule has 0 saturated heterocycles. The lowest BCUT2D eigenvalue weighted by Crippen LogP contribution is -2.04. The average Bonchev–Trinajstić information content (AvgIpc) is 2.81. The van der Waals surface area contributed by atoms with E-state index < -0.39 is 0 Å². The minimum absolute atomic E-state index is 0.353. The van der Waals surface area contributed by atoms with Gasteiger partial charge in [0.15, 0.2) is 5.65 Å². The predicted molar refractivity (Wildman–Crippen MR) is 84.9 cm³/mol. The SMILES string of the molecule is C1CCCCC1.Nc1nc2c(Br)cnn2c(N)c1Br. The second-order valence-electron chi connectivity index (χ2n) is 4.55. The van der Waals surface area contributed by atoms with E-state index in [1.807, 2.05) is 0 Å². The highest BCUT2D eigenvalue weighted by atomic mass is 79.9. The summed E-state index contributed by atoms with van der Waals surface area (Å²) in [6.07, 6.45) is 10.6. The van der Waals surface area contributed by atoms with Gasteiger partial charge in [-0.05, 0) is 31.9 Å². The van der Waals surface area contributed by atoms with E-state index in [4.69, 9.17) is 11.5 Å². The number of halogens is 2. The highest BCUT2D eigenvalue weighted by molar-refractivity contribution is 9.11. The number of fused-ring (bicyclic) bond motifs is 1. The summed E-state index contributed by atoms with van der Waals surface area (Å²) in [6.45, 7) is 0. The molecule has 0 atom stereocenters. The van der Waals surface area contributed by atoms with Crippen LogP contribution in [0.5, 0.6) is 0 Å². The topological polar surface area (TPSA) is 82.2 Å². The van der Waals surface area contributed by atoms with Crippen molar-refractivity contribution < 1.29 is 0 Å². The third-order valence-corrected chi connectivity index (χ3v) is 4.48. The molecule has 1 aliphatic carbocycles. The molecule has 0 spiro atoms. The van der Waals surface area contributed by atoms with Gasteiger partial charge in [-0.3, -0.25) is 0 Å². The van der Waals surface area contributed by atoms with Gasteiger partial charge in [-0.15, -0.1) is 0 Å². The van der Waals surface area contributed by atoms with Crippen molar-refractivity contribution in [3.8, 4) is 0 Å². The van der Waals surface area contributed by atoms with Crippen LogP contribution in [0.3, 0.4) is 0 Å². The number of hydrogen-bond acceptors (Lipinski definition) is 4. The molecule has 7 heteroatoms. The molecule has 19 heavy (non-hydrogen) atoms. The maximum Gasteiger partial charge on any atom is 0.173 e. The molecule has 0 radical (unpaired) electrons. The van der Waals surface area contributed by atoms with E-state index in [9.17, 15) is 0 Å². The lowest BCUT2D eigenvalue weighted by Gasteiger charge is -2.05. The van der Waals surface area contributed by atoms with Gasteiger partial charge in [0.05, 0.1) is 10.7 Å². The monoisotopic (exact) mass is 389 g/mol. The summed E-state index contributed by atoms with van der Waals surface area (Å²) >= 11 is 6.51. The quantitative estimate of drug-likeness (QED) is 0.717. The van der Waals surface area contributed by atoms with E-state index in [1.165, 1.54) is 43.0 Å². The van der Waals surface area contributed by atoms with Crippen LogP contribution in [0.15, 0.2) is 15.1 Å². The average molecular weight is 391 g/mol. The Morgan fingerprint density at radius 1 is 1.00 bits per heavy atom. The van der Waals surface area contributed by atoms with E-state index in [0.29, 0.717) is 21.8 Å². The molecule has 2 aromatic rings. The first kappa shape index (κ1) is 14.6. The Morgan fingerprint density at radius 2 is 1.53 bits per heavy atom. The molecular formula is C12H17Br2N5. The zero-order chi connectivity index (χ0) is 13.8. The third-order valence-electron chi connectivity index (χ3n) is 3.11. The Balaban J connectivity index is 0.000000186. The molecule has 5 nitrogen and oxygen atoms in total. The summed E-state index contributed by atoms with van der Waals surface area (Å²) in [5, 5.41) is 4.02. The van der Waals surface area contributed by atoms with Crippen molar-refractivity contribution in [2.24, 2.45) is 0 Å². The van der Waals surface area contributed by atoms with Gasteiger partial charge in [0, 0.05) is 0 Å². The molecular weight excluding hydrogens is 374 g/mol. The molecule has 0 unspecified atom stereocenters. The number of hydrogen-bond donors (Lipinski definition) is 2. The van der Waals surface area contributed by atoms with Gasteiger partial charge in [-0.1, -0.05) is 38.5 Å². The van der Waals surface area contributed by atoms with Crippen molar-refractivity contribution in [2.45, 2.75) is 38.5 Å². The van der Waals surface area contributed by atoms with Crippen LogP contribution in [0.1, 0.15) is 38.5 Å². The number of nitrogens with zero attached hydrogens (tertiary/aromatic N) is 3. The van der Waals surface area contributed by atoms with Crippen LogP contribution in [-0.4, -0.2) is 14.6 Å². The van der Waals surface area contributed by atoms with Crippen LogP contribution < -0.4 is 11.5 Å². The molecule has 1 fully saturated rings. The fourth-order valence-electron chi connectivity index (χ4n) is 2.05. The molecule has 4 N–H and O–H groups in total. The lowest BCUT2D eigenvalue weighted by molar-refractivity contribution is 0.504.